The molecule has 0 fully saturated rings. The number of fused-ring (bicyclic) bond motifs is 1. The van der Waals surface area contributed by atoms with Gasteiger partial charge < -0.3 is 14.5 Å². The van der Waals surface area contributed by atoms with Crippen molar-refractivity contribution in [3.8, 4) is 11.1 Å². The van der Waals surface area contributed by atoms with Gasteiger partial charge >= 0.3 is 59.1 Å². The summed E-state index contributed by atoms with van der Waals surface area (Å²) in [5, 5.41) is 29.1. The van der Waals surface area contributed by atoms with E-state index in [1.54, 1.807) is 36.4 Å². The molecule has 2 aliphatic carbocycles. The van der Waals surface area contributed by atoms with Crippen molar-refractivity contribution in [2.24, 2.45) is 20.4 Å². The molecule has 16 heteroatoms. The molecule has 0 saturated carbocycles. The number of nitrogens with one attached hydrogen (secondary N) is 2. The Balaban J connectivity index is 0.00000292. The summed E-state index contributed by atoms with van der Waals surface area (Å²) in [6.45, 7) is 0. The van der Waals surface area contributed by atoms with E-state index in [1.807, 2.05) is 24.3 Å². The average Bonchev–Trinajstić information content (AvgIpc) is 3.10. The predicted molar refractivity (Wildman–Crippen MR) is 181 cm³/mol. The van der Waals surface area contributed by atoms with E-state index in [0.717, 1.165) is 23.3 Å². The molecule has 0 heterocycles. The van der Waals surface area contributed by atoms with Crippen LogP contribution in [-0.2, 0) is 24.5 Å². The van der Waals surface area contributed by atoms with Crippen LogP contribution in [0.5, 0.6) is 0 Å². The van der Waals surface area contributed by atoms with Crippen LogP contribution in [0.4, 0.5) is 22.7 Å². The Morgan fingerprint density at radius 1 is 0.667 bits per heavy atom. The van der Waals surface area contributed by atoms with Crippen LogP contribution in [0.3, 0.4) is 0 Å². The number of aliphatic carboxylic acids is 1. The number of carboxylic acid groups (broad SMARTS) is 1. The summed E-state index contributed by atoms with van der Waals surface area (Å²) in [6.07, 6.45) is 9.44. The second-order valence-electron chi connectivity index (χ2n) is 10.5. The molecule has 6 rings (SSSR count). The van der Waals surface area contributed by atoms with Gasteiger partial charge in [-0.25, -0.2) is 8.42 Å². The van der Waals surface area contributed by atoms with Crippen LogP contribution in [0, 0.1) is 0 Å². The number of carboxylic acids is 1. The van der Waals surface area contributed by atoms with Gasteiger partial charge in [-0.1, -0.05) is 30.3 Å². The summed E-state index contributed by atoms with van der Waals surface area (Å²) in [7, 11) is -4.74. The molecule has 2 N–H and O–H groups in total. The van der Waals surface area contributed by atoms with Gasteiger partial charge in [0.15, 0.2) is 11.6 Å². The van der Waals surface area contributed by atoms with Gasteiger partial charge in [-0.3, -0.25) is 20.4 Å². The van der Waals surface area contributed by atoms with Crippen molar-refractivity contribution in [1.82, 2.24) is 0 Å². The quantitative estimate of drug-likeness (QED) is 0.0537. The molecule has 0 spiro atoms. The van der Waals surface area contributed by atoms with Gasteiger partial charge in [-0.2, -0.15) is 15.3 Å². The summed E-state index contributed by atoms with van der Waals surface area (Å²) < 4.78 is 35.3. The van der Waals surface area contributed by atoms with Gasteiger partial charge in [-0.05, 0) is 102 Å². The zero-order chi connectivity index (χ0) is 34.5. The topological polar surface area (TPSA) is 205 Å². The molecule has 0 aliphatic heterocycles. The van der Waals surface area contributed by atoms with Gasteiger partial charge in [-0.15, -0.1) is 5.11 Å². The minimum atomic E-state index is -4.74. The fourth-order valence-corrected chi connectivity index (χ4v) is 5.24. The third-order valence-electron chi connectivity index (χ3n) is 7.25. The van der Waals surface area contributed by atoms with Crippen molar-refractivity contribution in [1.29, 1.82) is 0 Å². The van der Waals surface area contributed by atoms with Gasteiger partial charge in [0.05, 0.1) is 45.0 Å². The van der Waals surface area contributed by atoms with Crippen LogP contribution in [0.25, 0.3) is 21.9 Å². The molecule has 0 radical (unpaired) electrons. The molecule has 51 heavy (non-hydrogen) atoms. The molecule has 0 saturated heterocycles. The van der Waals surface area contributed by atoms with E-state index < -0.39 is 32.3 Å². The first-order chi connectivity index (χ1) is 23.5. The molecule has 242 valence electrons. The van der Waals surface area contributed by atoms with Crippen molar-refractivity contribution < 1.29 is 91.6 Å². The van der Waals surface area contributed by atoms with Crippen LogP contribution in [0.15, 0.2) is 152 Å². The normalized spacial score (nSPS) is 14.6. The molecule has 0 bridgehead atoms. The molecular weight excluding hydrogens is 694 g/mol. The first-order valence-corrected chi connectivity index (χ1v) is 15.8. The number of hydrazone groups is 2. The Hall–Kier alpha value is -4.64. The minimum absolute atomic E-state index is 0. The number of rotatable bonds is 9. The Bertz CT molecular complexity index is 2350. The predicted octanol–water partition coefficient (Wildman–Crippen LogP) is -1.12. The van der Waals surface area contributed by atoms with Gasteiger partial charge in [0, 0.05) is 16.3 Å². The molecule has 2 aliphatic rings. The zero-order valence-electron chi connectivity index (χ0n) is 27.1. The first-order valence-electron chi connectivity index (χ1n) is 14.4. The molecule has 0 atom stereocenters. The number of anilines is 2. The van der Waals surface area contributed by atoms with Crippen LogP contribution in [-0.4, -0.2) is 41.9 Å². The summed E-state index contributed by atoms with van der Waals surface area (Å²) in [5.41, 5.74) is 9.76. The number of benzene rings is 4. The Kier molecular flexibility index (Phi) is 13.1. The minimum Gasteiger partial charge on any atom is -0.744 e. The number of carbonyl (C=O) groups excluding carboxylic acids is 3. The fraction of sp³-hybridized carbons (Fsp3) is 0. The third-order valence-corrected chi connectivity index (χ3v) is 8.08. The number of hydrogen-bond acceptors (Lipinski definition) is 13. The zero-order valence-corrected chi connectivity index (χ0v) is 31.9. The van der Waals surface area contributed by atoms with E-state index in [0.29, 0.717) is 39.2 Å². The Morgan fingerprint density at radius 3 is 1.94 bits per heavy atom. The molecule has 0 amide bonds. The molecule has 0 unspecified atom stereocenters. The maximum atomic E-state index is 11.8. The van der Waals surface area contributed by atoms with Gasteiger partial charge in [0.1, 0.15) is 10.1 Å². The van der Waals surface area contributed by atoms with Crippen molar-refractivity contribution in [2.75, 3.05) is 10.9 Å². The monoisotopic (exact) mass is 716 g/mol. The van der Waals surface area contributed by atoms with Crippen molar-refractivity contribution in [3.63, 3.8) is 0 Å². The van der Waals surface area contributed by atoms with E-state index in [2.05, 4.69) is 31.3 Å². The Labute approximate surface area is 335 Å². The van der Waals surface area contributed by atoms with Gasteiger partial charge in [0.25, 0.3) is 0 Å². The molecular formula is C35H22N6Na2O7S. The van der Waals surface area contributed by atoms with Crippen LogP contribution < -0.4 is 75.1 Å². The molecule has 13 nitrogen and oxygen atoms in total. The maximum absolute atomic E-state index is 11.8. The summed E-state index contributed by atoms with van der Waals surface area (Å²) >= 11 is 0. The second-order valence-corrected chi connectivity index (χ2v) is 11.9. The second kappa shape index (κ2) is 17.0. The van der Waals surface area contributed by atoms with Gasteiger partial charge in [0.2, 0.25) is 0 Å². The van der Waals surface area contributed by atoms with Crippen LogP contribution in [0.1, 0.15) is 0 Å². The third kappa shape index (κ3) is 9.78. The van der Waals surface area contributed by atoms with E-state index in [-0.39, 0.29) is 70.6 Å². The number of azo groups is 1. The van der Waals surface area contributed by atoms with E-state index in [4.69, 9.17) is 0 Å². The van der Waals surface area contributed by atoms with E-state index in [1.165, 1.54) is 48.6 Å². The first kappa shape index (κ1) is 39.2. The number of ketones is 2. The number of nitrogens with zero attached hydrogens (tertiary/aromatic N) is 4. The van der Waals surface area contributed by atoms with Crippen molar-refractivity contribution in [2.45, 2.75) is 4.90 Å². The van der Waals surface area contributed by atoms with Crippen molar-refractivity contribution in [3.05, 3.63) is 127 Å². The van der Waals surface area contributed by atoms with E-state index in [9.17, 15) is 32.5 Å². The van der Waals surface area contributed by atoms with Crippen LogP contribution in [0.2, 0.25) is 0 Å². The van der Waals surface area contributed by atoms with Crippen LogP contribution >= 0.6 is 0 Å². The fourth-order valence-electron chi connectivity index (χ4n) is 4.74. The largest absolute Gasteiger partial charge is 1.00 e. The summed E-state index contributed by atoms with van der Waals surface area (Å²) in [6, 6.07) is 21.8. The standard InChI is InChI=1S/C35H24N6O7S.2Na/c42-27-12-9-25(10-13-27)38-41-33-17-16-32(29-15-14-28(20-30(29)33)49(46,47)48)40-37-24-7-3-22(4-8-24)21-1-5-23(6-2-21)36-39-26-11-18-34(43)31(19-26)35(44)45;;/h1-20,36,41H,(H,44,45)(H,46,47,48);;/q;2*+1/p-2. The maximum Gasteiger partial charge on any atom is 1.00 e. The Morgan fingerprint density at radius 2 is 1.29 bits per heavy atom. The molecule has 0 aromatic heterocycles. The van der Waals surface area contributed by atoms with E-state index >= 15 is 0 Å². The SMILES string of the molecule is O=C1C=CC(=NNc2ccc(N=Nc3ccc(-c4ccc(NN=C5C=CC(=O)C(C(=O)[O-])=C5)cc4)cc3)c3ccc(S(=O)(=O)[O-])cc23)C=C1.[Na+].[Na+]. The number of allylic oxidation sites excluding steroid dienone is 7. The molecule has 4 aromatic rings. The van der Waals surface area contributed by atoms with Crippen molar-refractivity contribution >= 4 is 72.6 Å². The summed E-state index contributed by atoms with van der Waals surface area (Å²) in [4.78, 5) is 33.7. The molecule has 4 aromatic carbocycles. The number of carbonyl (C=O) groups is 3. The summed E-state index contributed by atoms with van der Waals surface area (Å²) in [5.74, 6) is -2.39. The smallest absolute Gasteiger partial charge is 0.744 e. The number of hydrogen-bond donors (Lipinski definition) is 2. The average molecular weight is 717 g/mol.